The summed E-state index contributed by atoms with van der Waals surface area (Å²) >= 11 is 0. The van der Waals surface area contributed by atoms with E-state index in [-0.39, 0.29) is 0 Å². The second-order valence-electron chi connectivity index (χ2n) is 14.4. The molecule has 0 bridgehead atoms. The van der Waals surface area contributed by atoms with Gasteiger partial charge in [0.05, 0.1) is 16.7 Å². The Bertz CT molecular complexity index is 3010. The van der Waals surface area contributed by atoms with Crippen molar-refractivity contribution in [2.45, 2.75) is 6.61 Å². The van der Waals surface area contributed by atoms with E-state index >= 15 is 0 Å². The molecule has 0 atom stereocenters. The molecule has 0 unspecified atom stereocenters. The van der Waals surface area contributed by atoms with Gasteiger partial charge in [-0.2, -0.15) is 0 Å². The summed E-state index contributed by atoms with van der Waals surface area (Å²) in [5.41, 5.74) is 12.8. The largest absolute Gasteiger partial charge is 0.486 e. The van der Waals surface area contributed by atoms with Crippen LogP contribution in [0.15, 0.2) is 217 Å². The van der Waals surface area contributed by atoms with Crippen molar-refractivity contribution in [1.29, 1.82) is 0 Å². The summed E-state index contributed by atoms with van der Waals surface area (Å²) in [6.45, 7) is 4.40. The van der Waals surface area contributed by atoms with Crippen LogP contribution in [-0.2, 0) is 6.61 Å². The van der Waals surface area contributed by atoms with E-state index in [0.29, 0.717) is 6.61 Å². The van der Waals surface area contributed by atoms with Gasteiger partial charge in [0.1, 0.15) is 12.3 Å². The van der Waals surface area contributed by atoms with Crippen LogP contribution in [0.1, 0.15) is 5.56 Å². The molecule has 1 aromatic heterocycles. The zero-order chi connectivity index (χ0) is 38.8. The SMILES string of the molecule is C=Nc1c(OCc2ccccc2)c(-c2ccc(N(c3ccc(-n4c5ccccc5c5ccccc54)cc3)c3ccccc3-c3ccccc3)cc2)cc2ccccc12. The normalized spacial score (nSPS) is 11.2. The van der Waals surface area contributed by atoms with Crippen LogP contribution in [0.4, 0.5) is 22.7 Å². The van der Waals surface area contributed by atoms with Gasteiger partial charge in [-0.3, -0.25) is 4.99 Å². The average molecular weight is 746 g/mol. The summed E-state index contributed by atoms with van der Waals surface area (Å²) < 4.78 is 9.00. The van der Waals surface area contributed by atoms with Gasteiger partial charge in [0, 0.05) is 44.3 Å². The van der Waals surface area contributed by atoms with Crippen LogP contribution in [0.25, 0.3) is 60.5 Å². The molecular formula is C54H39N3O. The maximum absolute atomic E-state index is 6.64. The van der Waals surface area contributed by atoms with Gasteiger partial charge in [0.25, 0.3) is 0 Å². The highest BCUT2D eigenvalue weighted by atomic mass is 16.5. The van der Waals surface area contributed by atoms with Gasteiger partial charge in [-0.15, -0.1) is 0 Å². The van der Waals surface area contributed by atoms with Crippen molar-refractivity contribution in [3.8, 4) is 33.7 Å². The van der Waals surface area contributed by atoms with Crippen LogP contribution in [-0.4, -0.2) is 11.3 Å². The second-order valence-corrected chi connectivity index (χ2v) is 14.4. The number of rotatable bonds is 10. The number of hydrogen-bond donors (Lipinski definition) is 0. The predicted molar refractivity (Wildman–Crippen MR) is 244 cm³/mol. The molecule has 9 aromatic carbocycles. The number of aliphatic imine (C=N–C) groups is 1. The van der Waals surface area contributed by atoms with Crippen molar-refractivity contribution < 1.29 is 4.74 Å². The van der Waals surface area contributed by atoms with Gasteiger partial charge in [-0.05, 0) is 89.5 Å². The van der Waals surface area contributed by atoms with E-state index in [9.17, 15) is 0 Å². The van der Waals surface area contributed by atoms with Gasteiger partial charge < -0.3 is 14.2 Å². The first-order valence-corrected chi connectivity index (χ1v) is 19.6. The molecule has 0 spiro atoms. The first-order valence-electron chi connectivity index (χ1n) is 19.6. The molecule has 0 fully saturated rings. The van der Waals surface area contributed by atoms with Crippen LogP contribution in [0.3, 0.4) is 0 Å². The third kappa shape index (κ3) is 6.27. The van der Waals surface area contributed by atoms with Crippen LogP contribution in [0, 0.1) is 0 Å². The van der Waals surface area contributed by atoms with Gasteiger partial charge in [0.15, 0.2) is 5.75 Å². The standard InChI is InChI=1S/C54H39N3O/c1-55-53-46-22-9-8-20-41(46)36-49(54(53)58-37-38-16-4-2-5-17-38)40-28-30-42(31-29-40)56(50-25-13-10-21-45(50)39-18-6-3-7-19-39)43-32-34-44(35-33-43)57-51-26-14-11-23-47(51)48-24-12-15-27-52(48)57/h2-36H,1,37H2. The van der Waals surface area contributed by atoms with Crippen molar-refractivity contribution in [3.63, 3.8) is 0 Å². The fourth-order valence-corrected chi connectivity index (χ4v) is 8.26. The Kier molecular flexibility index (Phi) is 9.05. The summed E-state index contributed by atoms with van der Waals surface area (Å²) in [5, 5.41) is 4.58. The lowest BCUT2D eigenvalue weighted by atomic mass is 9.97. The van der Waals surface area contributed by atoms with E-state index < -0.39 is 0 Å². The minimum atomic E-state index is 0.418. The maximum Gasteiger partial charge on any atom is 0.153 e. The third-order valence-corrected chi connectivity index (χ3v) is 11.0. The third-order valence-electron chi connectivity index (χ3n) is 11.0. The highest BCUT2D eigenvalue weighted by Gasteiger charge is 2.20. The van der Waals surface area contributed by atoms with Gasteiger partial charge >= 0.3 is 0 Å². The number of hydrogen-bond acceptors (Lipinski definition) is 3. The molecule has 0 aliphatic heterocycles. The molecule has 10 rings (SSSR count). The van der Waals surface area contributed by atoms with Gasteiger partial charge in [0.2, 0.25) is 0 Å². The average Bonchev–Trinajstić information content (AvgIpc) is 3.63. The lowest BCUT2D eigenvalue weighted by molar-refractivity contribution is 0.309. The van der Waals surface area contributed by atoms with E-state index in [2.05, 4.69) is 209 Å². The van der Waals surface area contributed by atoms with Crippen LogP contribution in [0.2, 0.25) is 0 Å². The topological polar surface area (TPSA) is 29.8 Å². The summed E-state index contributed by atoms with van der Waals surface area (Å²) in [6.07, 6.45) is 0. The highest BCUT2D eigenvalue weighted by molar-refractivity contribution is 6.09. The lowest BCUT2D eigenvalue weighted by Crippen LogP contribution is -2.11. The van der Waals surface area contributed by atoms with Crippen molar-refractivity contribution in [2.75, 3.05) is 4.90 Å². The van der Waals surface area contributed by atoms with E-state index in [4.69, 9.17) is 4.74 Å². The van der Waals surface area contributed by atoms with Crippen molar-refractivity contribution >= 4 is 62.0 Å². The zero-order valence-corrected chi connectivity index (χ0v) is 31.9. The molecule has 0 radical (unpaired) electrons. The number of nitrogens with zero attached hydrogens (tertiary/aromatic N) is 3. The van der Waals surface area contributed by atoms with Crippen LogP contribution in [0.5, 0.6) is 5.75 Å². The summed E-state index contributed by atoms with van der Waals surface area (Å²) in [4.78, 5) is 6.89. The molecule has 10 aromatic rings. The molecule has 4 nitrogen and oxygen atoms in total. The lowest BCUT2D eigenvalue weighted by Gasteiger charge is -2.28. The van der Waals surface area contributed by atoms with Crippen molar-refractivity contribution in [2.24, 2.45) is 4.99 Å². The van der Waals surface area contributed by atoms with Crippen molar-refractivity contribution in [1.82, 2.24) is 4.57 Å². The second kappa shape index (κ2) is 15.1. The smallest absolute Gasteiger partial charge is 0.153 e. The van der Waals surface area contributed by atoms with Crippen molar-refractivity contribution in [3.05, 3.63) is 218 Å². The molecular weight excluding hydrogens is 707 g/mol. The minimum Gasteiger partial charge on any atom is -0.486 e. The number of para-hydroxylation sites is 3. The molecule has 276 valence electrons. The molecule has 0 aliphatic carbocycles. The molecule has 0 N–H and O–H groups in total. The Balaban J connectivity index is 1.10. The maximum atomic E-state index is 6.64. The molecule has 0 saturated heterocycles. The van der Waals surface area contributed by atoms with Crippen LogP contribution < -0.4 is 9.64 Å². The van der Waals surface area contributed by atoms with Crippen LogP contribution >= 0.6 is 0 Å². The minimum absolute atomic E-state index is 0.418. The molecule has 1 heterocycles. The molecule has 0 amide bonds. The van der Waals surface area contributed by atoms with E-state index in [1.807, 2.05) is 24.3 Å². The fourth-order valence-electron chi connectivity index (χ4n) is 8.26. The first kappa shape index (κ1) is 34.8. The Morgan fingerprint density at radius 3 is 1.69 bits per heavy atom. The quantitative estimate of drug-likeness (QED) is 0.130. The Hall–Kier alpha value is -7.69. The summed E-state index contributed by atoms with van der Waals surface area (Å²) in [7, 11) is 0. The summed E-state index contributed by atoms with van der Waals surface area (Å²) in [5.74, 6) is 0.720. The van der Waals surface area contributed by atoms with E-state index in [1.165, 1.54) is 21.8 Å². The van der Waals surface area contributed by atoms with E-state index in [0.717, 1.165) is 72.8 Å². The Morgan fingerprint density at radius 2 is 1.02 bits per heavy atom. The molecule has 0 aliphatic rings. The molecule has 0 saturated carbocycles. The molecule has 58 heavy (non-hydrogen) atoms. The number of aromatic nitrogens is 1. The van der Waals surface area contributed by atoms with Gasteiger partial charge in [-0.25, -0.2) is 0 Å². The van der Waals surface area contributed by atoms with E-state index in [1.54, 1.807) is 0 Å². The molecule has 4 heteroatoms. The zero-order valence-electron chi connectivity index (χ0n) is 31.9. The Labute approximate surface area is 338 Å². The number of fused-ring (bicyclic) bond motifs is 4. The first-order chi connectivity index (χ1) is 28.7. The number of anilines is 3. The predicted octanol–water partition coefficient (Wildman–Crippen LogP) is 14.7. The van der Waals surface area contributed by atoms with Gasteiger partial charge in [-0.1, -0.05) is 152 Å². The monoisotopic (exact) mass is 745 g/mol. The number of benzene rings is 9. The Morgan fingerprint density at radius 1 is 0.483 bits per heavy atom. The fraction of sp³-hybridized carbons (Fsp3) is 0.0185. The number of ether oxygens (including phenoxy) is 1. The summed E-state index contributed by atoms with van der Waals surface area (Å²) in [6, 6.07) is 75.0. The highest BCUT2D eigenvalue weighted by Crippen LogP contribution is 2.46.